The molecular weight excluding hydrogens is 316 g/mol. The molecule has 4 nitrogen and oxygen atoms in total. The van der Waals surface area contributed by atoms with Gasteiger partial charge in [-0.15, -0.1) is 11.3 Å². The van der Waals surface area contributed by atoms with E-state index in [2.05, 4.69) is 10.0 Å². The number of anilines is 2. The summed E-state index contributed by atoms with van der Waals surface area (Å²) in [5.41, 5.74) is 1.55. The largest absolute Gasteiger partial charge is 0.382 e. The SMILES string of the molecule is O=S(=O)(Nc1ccc(NC2CC2)cc1)c1ccc(Cl)s1. The molecule has 1 aromatic carbocycles. The first-order valence-corrected chi connectivity index (χ1v) is 8.85. The summed E-state index contributed by atoms with van der Waals surface area (Å²) in [7, 11) is -3.55. The van der Waals surface area contributed by atoms with Crippen molar-refractivity contribution in [1.29, 1.82) is 0 Å². The number of hydrogen-bond donors (Lipinski definition) is 2. The lowest BCUT2D eigenvalue weighted by Crippen LogP contribution is -2.11. The molecule has 0 atom stereocenters. The fourth-order valence-electron chi connectivity index (χ4n) is 1.75. The molecule has 0 radical (unpaired) electrons. The minimum atomic E-state index is -3.55. The highest BCUT2D eigenvalue weighted by atomic mass is 35.5. The molecule has 1 fully saturated rings. The molecular formula is C13H13ClN2O2S2. The standard InChI is InChI=1S/C13H13ClN2O2S2/c14-12-7-8-13(19-12)20(17,18)16-11-5-3-10(4-6-11)15-9-1-2-9/h3-9,15-16H,1-2H2. The van der Waals surface area contributed by atoms with E-state index in [-0.39, 0.29) is 4.21 Å². The van der Waals surface area contributed by atoms with E-state index in [4.69, 9.17) is 11.6 Å². The van der Waals surface area contributed by atoms with Gasteiger partial charge in [0.2, 0.25) is 0 Å². The Hall–Kier alpha value is -1.24. The van der Waals surface area contributed by atoms with Gasteiger partial charge in [-0.25, -0.2) is 8.42 Å². The van der Waals surface area contributed by atoms with Crippen LogP contribution in [-0.4, -0.2) is 14.5 Å². The molecule has 2 aromatic rings. The smallest absolute Gasteiger partial charge is 0.271 e. The third kappa shape index (κ3) is 3.26. The van der Waals surface area contributed by atoms with Gasteiger partial charge in [0, 0.05) is 17.4 Å². The quantitative estimate of drug-likeness (QED) is 0.878. The summed E-state index contributed by atoms with van der Waals surface area (Å²) in [5.74, 6) is 0. The molecule has 0 spiro atoms. The van der Waals surface area contributed by atoms with Crippen molar-refractivity contribution in [3.63, 3.8) is 0 Å². The van der Waals surface area contributed by atoms with E-state index in [0.29, 0.717) is 16.1 Å². The third-order valence-corrected chi connectivity index (χ3v) is 6.00. The predicted octanol–water partition coefficient (Wildman–Crippen LogP) is 3.78. The second-order valence-electron chi connectivity index (χ2n) is 4.66. The van der Waals surface area contributed by atoms with Crippen LogP contribution in [0.4, 0.5) is 11.4 Å². The highest BCUT2D eigenvalue weighted by Crippen LogP contribution is 2.28. The maximum atomic E-state index is 12.1. The average molecular weight is 329 g/mol. The number of hydrogen-bond acceptors (Lipinski definition) is 4. The minimum absolute atomic E-state index is 0.211. The van der Waals surface area contributed by atoms with Crippen molar-refractivity contribution >= 4 is 44.3 Å². The normalized spacial score (nSPS) is 15.1. The second-order valence-corrected chi connectivity index (χ2v) is 8.28. The van der Waals surface area contributed by atoms with Crippen LogP contribution in [0.25, 0.3) is 0 Å². The molecule has 3 rings (SSSR count). The monoisotopic (exact) mass is 328 g/mol. The fourth-order valence-corrected chi connectivity index (χ4v) is 4.29. The molecule has 7 heteroatoms. The van der Waals surface area contributed by atoms with Crippen LogP contribution in [0.15, 0.2) is 40.6 Å². The first-order valence-electron chi connectivity index (χ1n) is 6.18. The Kier molecular flexibility index (Phi) is 3.62. The van der Waals surface area contributed by atoms with Crippen LogP contribution >= 0.6 is 22.9 Å². The van der Waals surface area contributed by atoms with E-state index in [1.165, 1.54) is 18.9 Å². The van der Waals surface area contributed by atoms with Gasteiger partial charge in [0.05, 0.1) is 4.34 Å². The number of thiophene rings is 1. The summed E-state index contributed by atoms with van der Waals surface area (Å²) in [6.45, 7) is 0. The van der Waals surface area contributed by atoms with Crippen molar-refractivity contribution < 1.29 is 8.42 Å². The Balaban J connectivity index is 1.73. The molecule has 1 aliphatic rings. The molecule has 1 aliphatic carbocycles. The van der Waals surface area contributed by atoms with Crippen molar-refractivity contribution in [3.8, 4) is 0 Å². The minimum Gasteiger partial charge on any atom is -0.382 e. The topological polar surface area (TPSA) is 58.2 Å². The van der Waals surface area contributed by atoms with Gasteiger partial charge < -0.3 is 5.32 Å². The van der Waals surface area contributed by atoms with Crippen LogP contribution in [0.3, 0.4) is 0 Å². The molecule has 1 heterocycles. The van der Waals surface area contributed by atoms with E-state index in [0.717, 1.165) is 17.0 Å². The molecule has 106 valence electrons. The van der Waals surface area contributed by atoms with Gasteiger partial charge in [0.1, 0.15) is 4.21 Å². The van der Waals surface area contributed by atoms with Gasteiger partial charge in [-0.2, -0.15) is 0 Å². The zero-order valence-corrected chi connectivity index (χ0v) is 12.9. The van der Waals surface area contributed by atoms with Gasteiger partial charge in [-0.3, -0.25) is 4.72 Å². The molecule has 1 aromatic heterocycles. The van der Waals surface area contributed by atoms with Crippen LogP contribution in [0.1, 0.15) is 12.8 Å². The summed E-state index contributed by atoms with van der Waals surface area (Å²) < 4.78 is 27.4. The highest BCUT2D eigenvalue weighted by Gasteiger charge is 2.21. The highest BCUT2D eigenvalue weighted by molar-refractivity contribution is 7.94. The van der Waals surface area contributed by atoms with Crippen LogP contribution in [0.2, 0.25) is 4.34 Å². The lowest BCUT2D eigenvalue weighted by Gasteiger charge is -2.08. The van der Waals surface area contributed by atoms with E-state index < -0.39 is 10.0 Å². The van der Waals surface area contributed by atoms with Gasteiger partial charge in [-0.05, 0) is 49.2 Å². The van der Waals surface area contributed by atoms with Crippen LogP contribution in [-0.2, 0) is 10.0 Å². The van der Waals surface area contributed by atoms with Crippen LogP contribution in [0, 0.1) is 0 Å². The average Bonchev–Trinajstić information content (AvgIpc) is 3.10. The Morgan fingerprint density at radius 1 is 1.05 bits per heavy atom. The Morgan fingerprint density at radius 3 is 2.25 bits per heavy atom. The van der Waals surface area contributed by atoms with Gasteiger partial charge in [-0.1, -0.05) is 11.6 Å². The Bertz CT molecular complexity index is 706. The number of halogens is 1. The zero-order valence-electron chi connectivity index (χ0n) is 10.5. The molecule has 0 amide bonds. The zero-order chi connectivity index (χ0) is 14.2. The third-order valence-electron chi connectivity index (χ3n) is 2.90. The summed E-state index contributed by atoms with van der Waals surface area (Å²) in [5, 5.41) is 3.35. The Labute approximate surface area is 126 Å². The van der Waals surface area contributed by atoms with Crippen molar-refractivity contribution in [3.05, 3.63) is 40.7 Å². The Morgan fingerprint density at radius 2 is 1.70 bits per heavy atom. The van der Waals surface area contributed by atoms with Gasteiger partial charge >= 0.3 is 0 Å². The van der Waals surface area contributed by atoms with E-state index in [1.807, 2.05) is 12.1 Å². The molecule has 20 heavy (non-hydrogen) atoms. The van der Waals surface area contributed by atoms with Crippen molar-refractivity contribution in [1.82, 2.24) is 0 Å². The molecule has 0 unspecified atom stereocenters. The van der Waals surface area contributed by atoms with E-state index in [1.54, 1.807) is 18.2 Å². The molecule has 2 N–H and O–H groups in total. The molecule has 0 saturated heterocycles. The summed E-state index contributed by atoms with van der Waals surface area (Å²) >= 11 is 6.80. The fraction of sp³-hybridized carbons (Fsp3) is 0.231. The van der Waals surface area contributed by atoms with E-state index >= 15 is 0 Å². The molecule has 0 bridgehead atoms. The maximum absolute atomic E-state index is 12.1. The van der Waals surface area contributed by atoms with E-state index in [9.17, 15) is 8.42 Å². The van der Waals surface area contributed by atoms with Crippen molar-refractivity contribution in [2.45, 2.75) is 23.1 Å². The first-order chi connectivity index (χ1) is 9.53. The number of nitrogens with one attached hydrogen (secondary N) is 2. The summed E-state index contributed by atoms with van der Waals surface area (Å²) in [6, 6.07) is 10.9. The molecule has 1 saturated carbocycles. The number of sulfonamides is 1. The van der Waals surface area contributed by atoms with Crippen LogP contribution < -0.4 is 10.0 Å². The number of rotatable bonds is 5. The van der Waals surface area contributed by atoms with Crippen molar-refractivity contribution in [2.75, 3.05) is 10.0 Å². The van der Waals surface area contributed by atoms with Crippen LogP contribution in [0.5, 0.6) is 0 Å². The lowest BCUT2D eigenvalue weighted by atomic mass is 10.3. The van der Waals surface area contributed by atoms with Crippen molar-refractivity contribution in [2.24, 2.45) is 0 Å². The first kappa shape index (κ1) is 13.7. The molecule has 0 aliphatic heterocycles. The van der Waals surface area contributed by atoms with Gasteiger partial charge in [0.25, 0.3) is 10.0 Å². The predicted molar refractivity (Wildman–Crippen MR) is 83.2 cm³/mol. The number of benzene rings is 1. The lowest BCUT2D eigenvalue weighted by molar-refractivity contribution is 0.603. The maximum Gasteiger partial charge on any atom is 0.271 e. The second kappa shape index (κ2) is 5.27. The van der Waals surface area contributed by atoms with Gasteiger partial charge in [0.15, 0.2) is 0 Å². The summed E-state index contributed by atoms with van der Waals surface area (Å²) in [6.07, 6.45) is 2.40. The summed E-state index contributed by atoms with van der Waals surface area (Å²) in [4.78, 5) is 0.